The van der Waals surface area contributed by atoms with Gasteiger partial charge in [0.25, 0.3) is 5.91 Å². The van der Waals surface area contributed by atoms with Crippen LogP contribution in [0.1, 0.15) is 60.3 Å². The van der Waals surface area contributed by atoms with E-state index in [-0.39, 0.29) is 5.91 Å². The van der Waals surface area contributed by atoms with Gasteiger partial charge in [0.1, 0.15) is 11.4 Å². The van der Waals surface area contributed by atoms with Crippen molar-refractivity contribution in [1.82, 2.24) is 0 Å². The predicted octanol–water partition coefficient (Wildman–Crippen LogP) is 5.04. The van der Waals surface area contributed by atoms with Gasteiger partial charge >= 0.3 is 0 Å². The van der Waals surface area contributed by atoms with E-state index in [1.54, 1.807) is 0 Å². The Morgan fingerprint density at radius 3 is 2.38 bits per heavy atom. The molecule has 1 rings (SSSR count). The summed E-state index contributed by atoms with van der Waals surface area (Å²) in [4.78, 5) is 12.7. The second-order valence-electron chi connectivity index (χ2n) is 6.87. The van der Waals surface area contributed by atoms with E-state index in [0.29, 0.717) is 19.1 Å². The summed E-state index contributed by atoms with van der Waals surface area (Å²) in [7, 11) is 0. The van der Waals surface area contributed by atoms with E-state index in [1.165, 1.54) is 0 Å². The van der Waals surface area contributed by atoms with E-state index in [1.807, 2.05) is 38.1 Å². The third-order valence-electron chi connectivity index (χ3n) is 3.81. The molecule has 0 saturated heterocycles. The van der Waals surface area contributed by atoms with Crippen LogP contribution in [0.2, 0.25) is 0 Å². The van der Waals surface area contributed by atoms with Crippen LogP contribution in [0.25, 0.3) is 0 Å². The predicted molar refractivity (Wildman–Crippen MR) is 99.6 cm³/mol. The van der Waals surface area contributed by atoms with E-state index in [2.05, 4.69) is 26.1 Å². The van der Waals surface area contributed by atoms with Crippen LogP contribution in [0.4, 0.5) is 5.69 Å². The van der Waals surface area contributed by atoms with E-state index in [0.717, 1.165) is 37.1 Å². The van der Waals surface area contributed by atoms with Crippen LogP contribution in [0, 0.1) is 5.92 Å². The summed E-state index contributed by atoms with van der Waals surface area (Å²) >= 11 is 0. The first-order valence-electron chi connectivity index (χ1n) is 9.09. The fourth-order valence-electron chi connectivity index (χ4n) is 2.25. The maximum atomic E-state index is 12.7. The number of anilines is 1. The molecule has 0 heterocycles. The summed E-state index contributed by atoms with van der Waals surface area (Å²) in [6.45, 7) is 11.6. The number of benzene rings is 1. The summed E-state index contributed by atoms with van der Waals surface area (Å²) < 4.78 is 11.5. The van der Waals surface area contributed by atoms with Crippen LogP contribution in [-0.2, 0) is 9.53 Å². The Hall–Kier alpha value is -1.55. The Morgan fingerprint density at radius 1 is 1.17 bits per heavy atom. The zero-order valence-electron chi connectivity index (χ0n) is 15.9. The lowest BCUT2D eigenvalue weighted by molar-refractivity contribution is -0.140. The first-order valence-corrected chi connectivity index (χ1v) is 9.09. The van der Waals surface area contributed by atoms with Crippen LogP contribution in [0.5, 0.6) is 5.75 Å². The van der Waals surface area contributed by atoms with Crippen LogP contribution in [0.15, 0.2) is 24.3 Å². The first-order chi connectivity index (χ1) is 11.4. The van der Waals surface area contributed by atoms with Crippen molar-refractivity contribution in [3.8, 4) is 5.75 Å². The standard InChI is InChI=1S/C20H33NO3/c1-6-8-13-20(5,24-14-7-2)19(22)21-17-9-11-18(12-10-17)23-15-16(3)4/h9-12,16H,6-8,13-15H2,1-5H3,(H,21,22)/t20-/m0/s1. The minimum atomic E-state index is -0.779. The van der Waals surface area contributed by atoms with Crippen molar-refractivity contribution in [3.05, 3.63) is 24.3 Å². The molecule has 0 aliphatic rings. The molecule has 0 aliphatic carbocycles. The van der Waals surface area contributed by atoms with Crippen molar-refractivity contribution < 1.29 is 14.3 Å². The molecular formula is C20H33NO3. The SMILES string of the molecule is CCCC[C@](C)(OCCC)C(=O)Nc1ccc(OCC(C)C)cc1. The molecule has 1 aromatic carbocycles. The highest BCUT2D eigenvalue weighted by Crippen LogP contribution is 2.23. The Labute approximate surface area is 146 Å². The fourth-order valence-corrected chi connectivity index (χ4v) is 2.25. The van der Waals surface area contributed by atoms with Crippen LogP contribution >= 0.6 is 0 Å². The molecule has 136 valence electrons. The van der Waals surface area contributed by atoms with Gasteiger partial charge in [0.15, 0.2) is 0 Å². The second-order valence-corrected chi connectivity index (χ2v) is 6.87. The molecule has 0 spiro atoms. The fraction of sp³-hybridized carbons (Fsp3) is 0.650. The maximum Gasteiger partial charge on any atom is 0.256 e. The summed E-state index contributed by atoms with van der Waals surface area (Å²) in [5.74, 6) is 1.22. The third-order valence-corrected chi connectivity index (χ3v) is 3.81. The lowest BCUT2D eigenvalue weighted by Crippen LogP contribution is -2.43. The molecule has 24 heavy (non-hydrogen) atoms. The van der Waals surface area contributed by atoms with E-state index in [4.69, 9.17) is 9.47 Å². The van der Waals surface area contributed by atoms with Gasteiger partial charge in [-0.15, -0.1) is 0 Å². The maximum absolute atomic E-state index is 12.7. The number of carbonyl (C=O) groups excluding carboxylic acids is 1. The molecule has 0 aromatic heterocycles. The van der Waals surface area contributed by atoms with Crippen molar-refractivity contribution in [3.63, 3.8) is 0 Å². The van der Waals surface area contributed by atoms with E-state index >= 15 is 0 Å². The second kappa shape index (κ2) is 10.3. The topological polar surface area (TPSA) is 47.6 Å². The number of unbranched alkanes of at least 4 members (excludes halogenated alkanes) is 1. The number of nitrogens with one attached hydrogen (secondary N) is 1. The average Bonchev–Trinajstić information content (AvgIpc) is 2.57. The molecule has 1 atom stereocenters. The van der Waals surface area contributed by atoms with Crippen molar-refractivity contribution in [2.75, 3.05) is 18.5 Å². The lowest BCUT2D eigenvalue weighted by Gasteiger charge is -2.28. The van der Waals surface area contributed by atoms with Gasteiger partial charge in [0.2, 0.25) is 0 Å². The smallest absolute Gasteiger partial charge is 0.256 e. The summed E-state index contributed by atoms with van der Waals surface area (Å²) in [5, 5.41) is 2.97. The highest BCUT2D eigenvalue weighted by atomic mass is 16.5. The molecule has 1 amide bonds. The number of hydrogen-bond acceptors (Lipinski definition) is 3. The monoisotopic (exact) mass is 335 g/mol. The Kier molecular flexibility index (Phi) is 8.83. The van der Waals surface area contributed by atoms with Crippen molar-refractivity contribution in [2.24, 2.45) is 5.92 Å². The van der Waals surface area contributed by atoms with Crippen LogP contribution in [-0.4, -0.2) is 24.7 Å². The molecule has 0 unspecified atom stereocenters. The minimum absolute atomic E-state index is 0.0831. The van der Waals surface area contributed by atoms with Crippen LogP contribution < -0.4 is 10.1 Å². The molecule has 4 nitrogen and oxygen atoms in total. The van der Waals surface area contributed by atoms with E-state index < -0.39 is 5.60 Å². The average molecular weight is 335 g/mol. The molecular weight excluding hydrogens is 302 g/mol. The first kappa shape index (κ1) is 20.5. The number of hydrogen-bond donors (Lipinski definition) is 1. The summed E-state index contributed by atoms with van der Waals surface area (Å²) in [5.41, 5.74) is -0.0153. The van der Waals surface area contributed by atoms with Gasteiger partial charge in [0.05, 0.1) is 6.61 Å². The molecule has 1 N–H and O–H groups in total. The van der Waals surface area contributed by atoms with Crippen molar-refractivity contribution in [2.45, 2.75) is 65.9 Å². The highest BCUT2D eigenvalue weighted by molar-refractivity contribution is 5.97. The Morgan fingerprint density at radius 2 is 1.83 bits per heavy atom. The van der Waals surface area contributed by atoms with E-state index in [9.17, 15) is 4.79 Å². The largest absolute Gasteiger partial charge is 0.493 e. The van der Waals surface area contributed by atoms with Gasteiger partial charge in [-0.25, -0.2) is 0 Å². The lowest BCUT2D eigenvalue weighted by atomic mass is 9.97. The number of rotatable bonds is 11. The van der Waals surface area contributed by atoms with Crippen molar-refractivity contribution >= 4 is 11.6 Å². The molecule has 0 bridgehead atoms. The summed E-state index contributed by atoms with van der Waals surface area (Å²) in [6.07, 6.45) is 3.64. The van der Waals surface area contributed by atoms with Gasteiger partial charge in [0, 0.05) is 12.3 Å². The highest BCUT2D eigenvalue weighted by Gasteiger charge is 2.33. The molecule has 4 heteroatoms. The van der Waals surface area contributed by atoms with Crippen LogP contribution in [0.3, 0.4) is 0 Å². The minimum Gasteiger partial charge on any atom is -0.493 e. The molecule has 0 radical (unpaired) electrons. The van der Waals surface area contributed by atoms with Gasteiger partial charge in [-0.3, -0.25) is 4.79 Å². The Balaban J connectivity index is 2.68. The molecule has 0 aliphatic heterocycles. The number of ether oxygens (including phenoxy) is 2. The zero-order valence-corrected chi connectivity index (χ0v) is 15.9. The Bertz CT molecular complexity index is 474. The zero-order chi connectivity index (χ0) is 18.0. The number of amides is 1. The van der Waals surface area contributed by atoms with Gasteiger partial charge in [-0.1, -0.05) is 40.5 Å². The van der Waals surface area contributed by atoms with Crippen molar-refractivity contribution in [1.29, 1.82) is 0 Å². The third kappa shape index (κ3) is 6.91. The molecule has 0 fully saturated rings. The molecule has 1 aromatic rings. The van der Waals surface area contributed by atoms with Gasteiger partial charge in [-0.05, 0) is 49.9 Å². The van der Waals surface area contributed by atoms with Gasteiger partial charge in [-0.2, -0.15) is 0 Å². The number of carbonyl (C=O) groups is 1. The quantitative estimate of drug-likeness (QED) is 0.616. The molecule has 0 saturated carbocycles. The summed E-state index contributed by atoms with van der Waals surface area (Å²) in [6, 6.07) is 7.50. The van der Waals surface area contributed by atoms with Gasteiger partial charge < -0.3 is 14.8 Å². The normalized spacial score (nSPS) is 13.6.